The summed E-state index contributed by atoms with van der Waals surface area (Å²) >= 11 is 0. The maximum Gasteiger partial charge on any atom is 0.253 e. The Morgan fingerprint density at radius 1 is 1.14 bits per heavy atom. The number of hydrogen-bond acceptors (Lipinski definition) is 3. The molecular weight excluding hydrogens is 266 g/mol. The van der Waals surface area contributed by atoms with E-state index in [1.807, 2.05) is 36.4 Å². The van der Waals surface area contributed by atoms with Crippen LogP contribution < -0.4 is 4.74 Å². The molecule has 2 aromatic carbocycles. The summed E-state index contributed by atoms with van der Waals surface area (Å²) in [6.07, 6.45) is 0. The number of methoxy groups -OCH3 is 1. The van der Waals surface area contributed by atoms with E-state index in [1.54, 1.807) is 32.2 Å². The third kappa shape index (κ3) is 3.23. The summed E-state index contributed by atoms with van der Waals surface area (Å²) in [7, 11) is 5.03. The van der Waals surface area contributed by atoms with Crippen molar-refractivity contribution < 1.29 is 14.6 Å². The highest BCUT2D eigenvalue weighted by molar-refractivity contribution is 5.95. The van der Waals surface area contributed by atoms with Crippen molar-refractivity contribution in [2.75, 3.05) is 21.2 Å². The monoisotopic (exact) mass is 285 g/mol. The zero-order chi connectivity index (χ0) is 15.4. The molecule has 0 aliphatic heterocycles. The fraction of sp³-hybridized carbons (Fsp3) is 0.235. The predicted molar refractivity (Wildman–Crippen MR) is 82.4 cm³/mol. The standard InChI is InChI=1S/C17H19NO3/c1-18(2)17(20)14-6-4-5-12(9-14)13-7-8-16(21-3)15(10-13)11-19/h4-10,19H,11H2,1-3H3. The van der Waals surface area contributed by atoms with Crippen molar-refractivity contribution in [2.45, 2.75) is 6.61 Å². The molecule has 0 atom stereocenters. The van der Waals surface area contributed by atoms with Gasteiger partial charge in [0.15, 0.2) is 0 Å². The molecule has 1 N–H and O–H groups in total. The van der Waals surface area contributed by atoms with Gasteiger partial charge in [0.1, 0.15) is 5.75 Å². The van der Waals surface area contributed by atoms with Gasteiger partial charge in [0.25, 0.3) is 5.91 Å². The minimum Gasteiger partial charge on any atom is -0.496 e. The number of aliphatic hydroxyl groups excluding tert-OH is 1. The van der Waals surface area contributed by atoms with E-state index in [2.05, 4.69) is 0 Å². The fourth-order valence-corrected chi connectivity index (χ4v) is 2.17. The predicted octanol–water partition coefficient (Wildman–Crippen LogP) is 2.56. The highest BCUT2D eigenvalue weighted by atomic mass is 16.5. The summed E-state index contributed by atoms with van der Waals surface area (Å²) in [4.78, 5) is 13.6. The number of aliphatic hydroxyl groups is 1. The maximum absolute atomic E-state index is 12.0. The number of carbonyl (C=O) groups excluding carboxylic acids is 1. The van der Waals surface area contributed by atoms with Crippen molar-refractivity contribution in [1.82, 2.24) is 4.90 Å². The van der Waals surface area contributed by atoms with Crippen LogP contribution in [0, 0.1) is 0 Å². The summed E-state index contributed by atoms with van der Waals surface area (Å²) in [6, 6.07) is 13.1. The molecule has 2 rings (SSSR count). The molecule has 0 unspecified atom stereocenters. The Bertz CT molecular complexity index is 650. The third-order valence-electron chi connectivity index (χ3n) is 3.30. The van der Waals surface area contributed by atoms with E-state index in [4.69, 9.17) is 4.74 Å². The number of nitrogens with zero attached hydrogens (tertiary/aromatic N) is 1. The van der Waals surface area contributed by atoms with E-state index in [0.29, 0.717) is 11.3 Å². The zero-order valence-corrected chi connectivity index (χ0v) is 12.5. The van der Waals surface area contributed by atoms with E-state index >= 15 is 0 Å². The lowest BCUT2D eigenvalue weighted by molar-refractivity contribution is 0.0827. The van der Waals surface area contributed by atoms with Crippen LogP contribution in [0.4, 0.5) is 0 Å². The van der Waals surface area contributed by atoms with Crippen LogP contribution in [0.15, 0.2) is 42.5 Å². The van der Waals surface area contributed by atoms with Gasteiger partial charge < -0.3 is 14.7 Å². The summed E-state index contributed by atoms with van der Waals surface area (Å²) in [6.45, 7) is -0.0899. The minimum atomic E-state index is -0.0899. The molecule has 0 aliphatic carbocycles. The van der Waals surface area contributed by atoms with Crippen LogP contribution in [0.5, 0.6) is 5.75 Å². The molecule has 0 aromatic heterocycles. The zero-order valence-electron chi connectivity index (χ0n) is 12.5. The molecule has 0 fully saturated rings. The van der Waals surface area contributed by atoms with E-state index < -0.39 is 0 Å². The van der Waals surface area contributed by atoms with Crippen LogP contribution in [-0.4, -0.2) is 37.1 Å². The smallest absolute Gasteiger partial charge is 0.253 e. The number of benzene rings is 2. The third-order valence-corrected chi connectivity index (χ3v) is 3.30. The molecule has 4 heteroatoms. The van der Waals surface area contributed by atoms with Gasteiger partial charge in [0.2, 0.25) is 0 Å². The van der Waals surface area contributed by atoms with Crippen molar-refractivity contribution in [1.29, 1.82) is 0 Å². The first-order chi connectivity index (χ1) is 10.1. The average Bonchev–Trinajstić information content (AvgIpc) is 2.53. The Hall–Kier alpha value is -2.33. The highest BCUT2D eigenvalue weighted by Gasteiger charge is 2.10. The normalized spacial score (nSPS) is 10.3. The van der Waals surface area contributed by atoms with Crippen molar-refractivity contribution in [3.8, 4) is 16.9 Å². The molecule has 110 valence electrons. The van der Waals surface area contributed by atoms with Gasteiger partial charge in [-0.3, -0.25) is 4.79 Å². The van der Waals surface area contributed by atoms with Crippen molar-refractivity contribution in [3.63, 3.8) is 0 Å². The molecule has 0 aliphatic rings. The van der Waals surface area contributed by atoms with Gasteiger partial charge >= 0.3 is 0 Å². The summed E-state index contributed by atoms with van der Waals surface area (Å²) < 4.78 is 5.20. The average molecular weight is 285 g/mol. The number of rotatable bonds is 4. The lowest BCUT2D eigenvalue weighted by Crippen LogP contribution is -2.21. The highest BCUT2D eigenvalue weighted by Crippen LogP contribution is 2.27. The summed E-state index contributed by atoms with van der Waals surface area (Å²) in [5.41, 5.74) is 3.23. The Kier molecular flexibility index (Phi) is 4.60. The van der Waals surface area contributed by atoms with Crippen LogP contribution in [0.3, 0.4) is 0 Å². The molecule has 0 heterocycles. The van der Waals surface area contributed by atoms with Crippen molar-refractivity contribution in [2.24, 2.45) is 0 Å². The minimum absolute atomic E-state index is 0.0345. The Balaban J connectivity index is 2.43. The van der Waals surface area contributed by atoms with Crippen LogP contribution in [0.1, 0.15) is 15.9 Å². The maximum atomic E-state index is 12.0. The first-order valence-corrected chi connectivity index (χ1v) is 6.66. The van der Waals surface area contributed by atoms with Crippen LogP contribution >= 0.6 is 0 Å². The topological polar surface area (TPSA) is 49.8 Å². The molecule has 0 radical (unpaired) electrons. The molecular formula is C17H19NO3. The Labute approximate surface area is 124 Å². The van der Waals surface area contributed by atoms with Crippen molar-refractivity contribution in [3.05, 3.63) is 53.6 Å². The fourth-order valence-electron chi connectivity index (χ4n) is 2.17. The summed E-state index contributed by atoms with van der Waals surface area (Å²) in [5.74, 6) is 0.620. The van der Waals surface area contributed by atoms with E-state index in [9.17, 15) is 9.90 Å². The SMILES string of the molecule is COc1ccc(-c2cccc(C(=O)N(C)C)c2)cc1CO. The largest absolute Gasteiger partial charge is 0.496 e. The summed E-state index contributed by atoms with van der Waals surface area (Å²) in [5, 5.41) is 9.40. The second kappa shape index (κ2) is 6.41. The van der Waals surface area contributed by atoms with E-state index in [1.165, 1.54) is 0 Å². The number of hydrogen-bond donors (Lipinski definition) is 1. The number of ether oxygens (including phenoxy) is 1. The van der Waals surface area contributed by atoms with Gasteiger partial charge in [-0.15, -0.1) is 0 Å². The van der Waals surface area contributed by atoms with E-state index in [-0.39, 0.29) is 12.5 Å². The second-order valence-electron chi connectivity index (χ2n) is 4.97. The molecule has 0 bridgehead atoms. The van der Waals surface area contributed by atoms with Crippen molar-refractivity contribution >= 4 is 5.91 Å². The van der Waals surface area contributed by atoms with Crippen LogP contribution in [0.2, 0.25) is 0 Å². The second-order valence-corrected chi connectivity index (χ2v) is 4.97. The Morgan fingerprint density at radius 2 is 1.86 bits per heavy atom. The molecule has 0 spiro atoms. The molecule has 0 saturated carbocycles. The molecule has 0 saturated heterocycles. The van der Waals surface area contributed by atoms with Crippen LogP contribution in [0.25, 0.3) is 11.1 Å². The van der Waals surface area contributed by atoms with Gasteiger partial charge in [-0.2, -0.15) is 0 Å². The molecule has 4 nitrogen and oxygen atoms in total. The first-order valence-electron chi connectivity index (χ1n) is 6.66. The first kappa shape index (κ1) is 15.1. The van der Waals surface area contributed by atoms with Crippen LogP contribution in [-0.2, 0) is 6.61 Å². The van der Waals surface area contributed by atoms with E-state index in [0.717, 1.165) is 16.7 Å². The lowest BCUT2D eigenvalue weighted by atomic mass is 10.0. The van der Waals surface area contributed by atoms with Gasteiger partial charge in [-0.25, -0.2) is 0 Å². The Morgan fingerprint density at radius 3 is 2.48 bits per heavy atom. The van der Waals surface area contributed by atoms with Gasteiger partial charge in [0, 0.05) is 25.2 Å². The van der Waals surface area contributed by atoms with Gasteiger partial charge in [-0.05, 0) is 35.4 Å². The quantitative estimate of drug-likeness (QED) is 0.939. The number of amides is 1. The lowest BCUT2D eigenvalue weighted by Gasteiger charge is -2.12. The molecule has 1 amide bonds. The molecule has 21 heavy (non-hydrogen) atoms. The molecule has 2 aromatic rings. The van der Waals surface area contributed by atoms with Gasteiger partial charge in [0.05, 0.1) is 13.7 Å². The van der Waals surface area contributed by atoms with Gasteiger partial charge in [-0.1, -0.05) is 18.2 Å². The number of carbonyl (C=O) groups is 1.